The molecule has 0 amide bonds. The molecular weight excluding hydrogens is 162 g/mol. The lowest BCUT2D eigenvalue weighted by Crippen LogP contribution is -2.02. The van der Waals surface area contributed by atoms with Gasteiger partial charge in [-0.2, -0.15) is 4.91 Å². The summed E-state index contributed by atoms with van der Waals surface area (Å²) in [5.41, 5.74) is 0. The zero-order chi connectivity index (χ0) is 9.94. The Labute approximate surface area is 82.1 Å². The Bertz CT molecular complexity index is 115. The second kappa shape index (κ2) is 9.69. The van der Waals surface area contributed by atoms with Crippen molar-refractivity contribution < 1.29 is 0 Å². The van der Waals surface area contributed by atoms with Gasteiger partial charge in [-0.25, -0.2) is 0 Å². The topological polar surface area (TPSA) is 29.4 Å². The summed E-state index contributed by atoms with van der Waals surface area (Å²) in [5, 5.41) is 3.15. The molecule has 0 rings (SSSR count). The minimum atomic E-state index is 0.0895. The van der Waals surface area contributed by atoms with Gasteiger partial charge in [-0.3, -0.25) is 0 Å². The molecule has 0 N–H and O–H groups in total. The minimum absolute atomic E-state index is 0.0895. The van der Waals surface area contributed by atoms with Crippen LogP contribution in [0.2, 0.25) is 0 Å². The van der Waals surface area contributed by atoms with E-state index in [1.807, 2.05) is 0 Å². The van der Waals surface area contributed by atoms with Gasteiger partial charge in [0.1, 0.15) is 0 Å². The fourth-order valence-electron chi connectivity index (χ4n) is 1.57. The molecule has 0 saturated heterocycles. The summed E-state index contributed by atoms with van der Waals surface area (Å²) in [5.74, 6) is 0. The molecule has 13 heavy (non-hydrogen) atoms. The molecule has 0 heterocycles. The highest BCUT2D eigenvalue weighted by atomic mass is 16.3. The van der Waals surface area contributed by atoms with Crippen LogP contribution in [-0.2, 0) is 0 Å². The van der Waals surface area contributed by atoms with Crippen LogP contribution in [0.25, 0.3) is 0 Å². The van der Waals surface area contributed by atoms with Gasteiger partial charge in [-0.1, -0.05) is 57.5 Å². The largest absolute Gasteiger partial charge is 0.151 e. The monoisotopic (exact) mass is 185 g/mol. The Kier molecular flexibility index (Phi) is 9.39. The van der Waals surface area contributed by atoms with Crippen molar-refractivity contribution in [3.05, 3.63) is 4.91 Å². The van der Waals surface area contributed by atoms with E-state index in [-0.39, 0.29) is 6.04 Å². The van der Waals surface area contributed by atoms with Crippen molar-refractivity contribution in [3.8, 4) is 0 Å². The number of hydrogen-bond acceptors (Lipinski definition) is 2. The van der Waals surface area contributed by atoms with E-state index in [1.165, 1.54) is 32.1 Å². The maximum Gasteiger partial charge on any atom is 0.0919 e. The van der Waals surface area contributed by atoms with Gasteiger partial charge in [0.05, 0.1) is 6.04 Å². The molecule has 1 unspecified atom stereocenters. The van der Waals surface area contributed by atoms with Gasteiger partial charge in [0.15, 0.2) is 0 Å². The predicted octanol–water partition coefficient (Wildman–Crippen LogP) is 4.28. The second-order valence-corrected chi connectivity index (χ2v) is 3.75. The highest BCUT2D eigenvalue weighted by Gasteiger charge is 2.05. The van der Waals surface area contributed by atoms with Crippen molar-refractivity contribution in [2.24, 2.45) is 5.18 Å². The van der Waals surface area contributed by atoms with Crippen molar-refractivity contribution in [1.29, 1.82) is 0 Å². The molecule has 0 aliphatic heterocycles. The van der Waals surface area contributed by atoms with Gasteiger partial charge >= 0.3 is 0 Å². The summed E-state index contributed by atoms with van der Waals surface area (Å²) in [4.78, 5) is 10.4. The number of nitroso groups, excluding NO2 is 1. The smallest absolute Gasteiger partial charge is 0.0919 e. The number of unbranched alkanes of at least 4 members (excludes halogenated alkanes) is 4. The van der Waals surface area contributed by atoms with E-state index < -0.39 is 0 Å². The zero-order valence-electron chi connectivity index (χ0n) is 9.09. The summed E-state index contributed by atoms with van der Waals surface area (Å²) >= 11 is 0. The van der Waals surface area contributed by atoms with Crippen molar-refractivity contribution in [1.82, 2.24) is 0 Å². The van der Waals surface area contributed by atoms with Crippen molar-refractivity contribution in [3.63, 3.8) is 0 Å². The van der Waals surface area contributed by atoms with Crippen LogP contribution in [0.1, 0.15) is 65.2 Å². The fourth-order valence-corrected chi connectivity index (χ4v) is 1.57. The number of nitrogens with zero attached hydrogens (tertiary/aromatic N) is 1. The van der Waals surface area contributed by atoms with Crippen LogP contribution in [0.5, 0.6) is 0 Å². The lowest BCUT2D eigenvalue weighted by Gasteiger charge is -2.06. The Morgan fingerprint density at radius 1 is 0.923 bits per heavy atom. The first kappa shape index (κ1) is 12.6. The third-order valence-electron chi connectivity index (χ3n) is 2.41. The second-order valence-electron chi connectivity index (χ2n) is 3.75. The molecule has 0 saturated carbocycles. The van der Waals surface area contributed by atoms with Gasteiger partial charge < -0.3 is 0 Å². The number of rotatable bonds is 9. The fraction of sp³-hybridized carbons (Fsp3) is 1.00. The van der Waals surface area contributed by atoms with E-state index in [9.17, 15) is 4.91 Å². The Morgan fingerprint density at radius 2 is 1.62 bits per heavy atom. The molecule has 0 aromatic heterocycles. The Balaban J connectivity index is 3.22. The molecular formula is C11H23NO. The molecule has 78 valence electrons. The van der Waals surface area contributed by atoms with Gasteiger partial charge in [-0.05, 0) is 12.8 Å². The van der Waals surface area contributed by atoms with E-state index >= 15 is 0 Å². The molecule has 0 spiro atoms. The van der Waals surface area contributed by atoms with Gasteiger partial charge in [0, 0.05) is 0 Å². The van der Waals surface area contributed by atoms with Crippen LogP contribution < -0.4 is 0 Å². The summed E-state index contributed by atoms with van der Waals surface area (Å²) in [6.07, 6.45) is 9.41. The Morgan fingerprint density at radius 3 is 2.15 bits per heavy atom. The Hall–Kier alpha value is -0.400. The molecule has 2 heteroatoms. The first-order valence-corrected chi connectivity index (χ1v) is 5.67. The zero-order valence-corrected chi connectivity index (χ0v) is 9.09. The van der Waals surface area contributed by atoms with Crippen molar-refractivity contribution >= 4 is 0 Å². The SMILES string of the molecule is CCCCCCCC(CCC)N=O. The molecule has 0 aliphatic rings. The normalized spacial score (nSPS) is 12.8. The summed E-state index contributed by atoms with van der Waals surface area (Å²) < 4.78 is 0. The van der Waals surface area contributed by atoms with Crippen LogP contribution in [0.3, 0.4) is 0 Å². The third kappa shape index (κ3) is 7.94. The molecule has 0 radical (unpaired) electrons. The quantitative estimate of drug-likeness (QED) is 0.389. The lowest BCUT2D eigenvalue weighted by atomic mass is 10.0. The van der Waals surface area contributed by atoms with Crippen LogP contribution in [0.15, 0.2) is 5.18 Å². The molecule has 2 nitrogen and oxygen atoms in total. The molecule has 0 aliphatic carbocycles. The standard InChI is InChI=1S/C11H23NO/c1-3-5-6-7-8-10-11(12-13)9-4-2/h11H,3-10H2,1-2H3. The molecule has 0 bridgehead atoms. The average molecular weight is 185 g/mol. The number of hydrogen-bond donors (Lipinski definition) is 0. The molecule has 0 aromatic rings. The summed E-state index contributed by atoms with van der Waals surface area (Å²) in [7, 11) is 0. The van der Waals surface area contributed by atoms with Gasteiger partial charge in [-0.15, -0.1) is 0 Å². The maximum absolute atomic E-state index is 10.4. The van der Waals surface area contributed by atoms with Crippen molar-refractivity contribution in [2.45, 2.75) is 71.3 Å². The van der Waals surface area contributed by atoms with Crippen LogP contribution in [0, 0.1) is 4.91 Å². The molecule has 0 fully saturated rings. The first-order valence-electron chi connectivity index (χ1n) is 5.67. The van der Waals surface area contributed by atoms with E-state index in [4.69, 9.17) is 0 Å². The third-order valence-corrected chi connectivity index (χ3v) is 2.41. The molecule has 0 aromatic carbocycles. The van der Waals surface area contributed by atoms with Crippen molar-refractivity contribution in [2.75, 3.05) is 0 Å². The van der Waals surface area contributed by atoms with E-state index in [1.54, 1.807) is 0 Å². The van der Waals surface area contributed by atoms with Gasteiger partial charge in [0.2, 0.25) is 0 Å². The van der Waals surface area contributed by atoms with E-state index in [0.29, 0.717) is 0 Å². The van der Waals surface area contributed by atoms with Crippen LogP contribution in [-0.4, -0.2) is 6.04 Å². The summed E-state index contributed by atoms with van der Waals surface area (Å²) in [6.45, 7) is 4.32. The predicted molar refractivity (Wildman–Crippen MR) is 57.9 cm³/mol. The van der Waals surface area contributed by atoms with Crippen LogP contribution >= 0.6 is 0 Å². The van der Waals surface area contributed by atoms with E-state index in [2.05, 4.69) is 19.0 Å². The summed E-state index contributed by atoms with van der Waals surface area (Å²) in [6, 6.07) is 0.0895. The first-order chi connectivity index (χ1) is 6.35. The average Bonchev–Trinajstić information content (AvgIpc) is 2.16. The minimum Gasteiger partial charge on any atom is -0.151 e. The lowest BCUT2D eigenvalue weighted by molar-refractivity contribution is 0.511. The molecule has 1 atom stereocenters. The maximum atomic E-state index is 10.4. The van der Waals surface area contributed by atoms with Crippen LogP contribution in [0.4, 0.5) is 0 Å². The van der Waals surface area contributed by atoms with E-state index in [0.717, 1.165) is 19.3 Å². The highest BCUT2D eigenvalue weighted by Crippen LogP contribution is 2.12. The van der Waals surface area contributed by atoms with Gasteiger partial charge in [0.25, 0.3) is 0 Å². The highest BCUT2D eigenvalue weighted by molar-refractivity contribution is 4.64.